The van der Waals surface area contributed by atoms with Crippen LogP contribution in [-0.2, 0) is 31.3 Å². The monoisotopic (exact) mass is 351 g/mol. The van der Waals surface area contributed by atoms with Crippen LogP contribution < -0.4 is 15.3 Å². The van der Waals surface area contributed by atoms with Gasteiger partial charge < -0.3 is 20.1 Å². The van der Waals surface area contributed by atoms with E-state index in [2.05, 4.69) is 0 Å². The summed E-state index contributed by atoms with van der Waals surface area (Å²) < 4.78 is 0. The molecule has 1 radical (unpaired) electrons. The van der Waals surface area contributed by atoms with Crippen molar-refractivity contribution in [2.75, 3.05) is 13.2 Å². The van der Waals surface area contributed by atoms with E-state index in [4.69, 9.17) is 0 Å². The van der Waals surface area contributed by atoms with E-state index in [1.807, 2.05) is 41.5 Å². The van der Waals surface area contributed by atoms with Crippen LogP contribution >= 0.6 is 0 Å². The van der Waals surface area contributed by atoms with Gasteiger partial charge in [0.15, 0.2) is 0 Å². The first-order valence-electron chi connectivity index (χ1n) is 7.54. The number of Topliss-reactive ketones (excluding diaryl/α,β-unsaturated/α-hetero) is 1. The summed E-state index contributed by atoms with van der Waals surface area (Å²) in [7, 11) is 0. The fraction of sp³-hybridized carbons (Fsp3) is 0.875. The fourth-order valence-electron chi connectivity index (χ4n) is 1.03. The number of aliphatic carboxylic acids is 1. The molecule has 0 saturated heterocycles. The van der Waals surface area contributed by atoms with Crippen LogP contribution in [0.3, 0.4) is 0 Å². The normalized spacial score (nSPS) is 9.41. The Kier molecular flexibility index (Phi) is 28.1. The second-order valence-corrected chi connectivity index (χ2v) is 5.65. The van der Waals surface area contributed by atoms with Gasteiger partial charge in [0.2, 0.25) is 0 Å². The zero-order valence-corrected chi connectivity index (χ0v) is 16.4. The molecule has 129 valence electrons. The summed E-state index contributed by atoms with van der Waals surface area (Å²) in [6.07, 6.45) is 0.984. The predicted molar refractivity (Wildman–Crippen MR) is 78.1 cm³/mol. The third kappa shape index (κ3) is 28.0. The summed E-state index contributed by atoms with van der Waals surface area (Å²) in [6.45, 7) is 11.5. The van der Waals surface area contributed by atoms with Gasteiger partial charge >= 0.3 is 21.7 Å². The number of rotatable bonds is 7. The summed E-state index contributed by atoms with van der Waals surface area (Å²) in [5, 5.41) is 29.3. The number of carbonyl (C=O) groups is 2. The van der Waals surface area contributed by atoms with Gasteiger partial charge in [-0.25, -0.2) is 0 Å². The maximum Gasteiger partial charge on any atom is 3.00 e. The van der Waals surface area contributed by atoms with Crippen molar-refractivity contribution < 1.29 is 46.6 Å². The van der Waals surface area contributed by atoms with E-state index in [9.17, 15) is 24.9 Å². The van der Waals surface area contributed by atoms with Crippen molar-refractivity contribution in [3.63, 3.8) is 0 Å². The molecule has 0 aromatic carbocycles. The number of carboxylic acid groups (broad SMARTS) is 1. The third-order valence-electron chi connectivity index (χ3n) is 2.43. The molecule has 0 amide bonds. The van der Waals surface area contributed by atoms with Crippen molar-refractivity contribution in [2.24, 2.45) is 17.8 Å². The molecule has 0 aromatic rings. The second kappa shape index (κ2) is 20.8. The molecule has 0 aliphatic rings. The van der Waals surface area contributed by atoms with E-state index in [0.717, 1.165) is 0 Å². The second-order valence-electron chi connectivity index (χ2n) is 5.65. The van der Waals surface area contributed by atoms with Crippen molar-refractivity contribution in [2.45, 2.75) is 60.8 Å². The maximum absolute atomic E-state index is 11.0. The number of hydrogen-bond acceptors (Lipinski definition) is 5. The Bertz CT molecular complexity index is 243. The minimum absolute atomic E-state index is 0. The topological polar surface area (TPSA) is 103 Å². The minimum Gasteiger partial charge on any atom is -0.854 e. The summed E-state index contributed by atoms with van der Waals surface area (Å²) in [5.74, 6) is -0.935. The number of hydrogen-bond donors (Lipinski definition) is 0. The van der Waals surface area contributed by atoms with Gasteiger partial charge in [0.1, 0.15) is 5.78 Å². The van der Waals surface area contributed by atoms with E-state index in [-0.39, 0.29) is 46.6 Å². The van der Waals surface area contributed by atoms with Crippen molar-refractivity contribution in [1.29, 1.82) is 0 Å². The molecule has 0 saturated carbocycles. The average Bonchev–Trinajstić information content (AvgIpc) is 2.40. The summed E-state index contributed by atoms with van der Waals surface area (Å²) >= 11 is 0. The van der Waals surface area contributed by atoms with Gasteiger partial charge in [-0.1, -0.05) is 53.4 Å². The Morgan fingerprint density at radius 1 is 0.864 bits per heavy atom. The SMILES string of the molecule is CC(C)C[O-].CC(C)C[O-].CCC(CC)C(=O)CC(=O)[O-].[Ti+3]. The van der Waals surface area contributed by atoms with Gasteiger partial charge in [-0.15, -0.1) is 13.2 Å². The Morgan fingerprint density at radius 3 is 1.27 bits per heavy atom. The molecule has 5 nitrogen and oxygen atoms in total. The molecule has 0 spiro atoms. The van der Waals surface area contributed by atoms with Gasteiger partial charge in [-0.05, 0) is 12.8 Å². The predicted octanol–water partition coefficient (Wildman–Crippen LogP) is 0.135. The molecule has 6 heteroatoms. The Morgan fingerprint density at radius 2 is 1.14 bits per heavy atom. The van der Waals surface area contributed by atoms with Crippen molar-refractivity contribution >= 4 is 11.8 Å². The average molecular weight is 351 g/mol. The standard InChI is InChI=1S/C8H14O3.2C4H9O.Ti/c1-3-6(4-2)7(9)5-8(10)11;2*1-4(2)3-5;/h6H,3-5H2,1-2H3,(H,10,11);2*4H,3H2,1-2H3;/q;2*-1;+3/p-1. The molecule has 0 heterocycles. The Hall–Kier alpha value is -0.226. The number of ketones is 1. The summed E-state index contributed by atoms with van der Waals surface area (Å²) in [5.41, 5.74) is 0. The van der Waals surface area contributed by atoms with Crippen LogP contribution in [0, 0.1) is 17.8 Å². The van der Waals surface area contributed by atoms with E-state index >= 15 is 0 Å². The van der Waals surface area contributed by atoms with Gasteiger partial charge in [0, 0.05) is 18.3 Å². The van der Waals surface area contributed by atoms with Crippen LogP contribution in [0.25, 0.3) is 0 Å². The number of carboxylic acids is 1. The van der Waals surface area contributed by atoms with Gasteiger partial charge in [-0.2, -0.15) is 0 Å². The fourth-order valence-corrected chi connectivity index (χ4v) is 1.03. The first kappa shape index (κ1) is 29.7. The summed E-state index contributed by atoms with van der Waals surface area (Å²) in [6, 6.07) is 0. The van der Waals surface area contributed by atoms with E-state index in [1.54, 1.807) is 0 Å². The third-order valence-corrected chi connectivity index (χ3v) is 2.43. The molecule has 0 rings (SSSR count). The molecule has 0 atom stereocenters. The minimum atomic E-state index is -1.28. The van der Waals surface area contributed by atoms with Gasteiger partial charge in [0.05, 0.1) is 0 Å². The zero-order valence-electron chi connectivity index (χ0n) is 14.8. The van der Waals surface area contributed by atoms with Crippen LogP contribution in [0.4, 0.5) is 0 Å². The van der Waals surface area contributed by atoms with Crippen molar-refractivity contribution in [3.8, 4) is 0 Å². The molecule has 0 unspecified atom stereocenters. The maximum atomic E-state index is 11.0. The molecular weight excluding hydrogens is 320 g/mol. The van der Waals surface area contributed by atoms with Crippen molar-refractivity contribution in [3.05, 3.63) is 0 Å². The molecule has 0 aliphatic carbocycles. The molecule has 0 N–H and O–H groups in total. The smallest absolute Gasteiger partial charge is 0.854 e. The number of carbonyl (C=O) groups excluding carboxylic acids is 2. The van der Waals surface area contributed by atoms with Crippen LogP contribution in [0.15, 0.2) is 0 Å². The van der Waals surface area contributed by atoms with Crippen molar-refractivity contribution in [1.82, 2.24) is 0 Å². The van der Waals surface area contributed by atoms with Gasteiger partial charge in [-0.3, -0.25) is 4.79 Å². The quantitative estimate of drug-likeness (QED) is 0.479. The molecule has 0 aromatic heterocycles. The molecule has 0 aliphatic heterocycles. The van der Waals surface area contributed by atoms with Gasteiger partial charge in [0.25, 0.3) is 0 Å². The largest absolute Gasteiger partial charge is 3.00 e. The van der Waals surface area contributed by atoms with E-state index in [0.29, 0.717) is 24.7 Å². The first-order chi connectivity index (χ1) is 9.65. The first-order valence-corrected chi connectivity index (χ1v) is 7.54. The zero-order chi connectivity index (χ0) is 17.4. The van der Waals surface area contributed by atoms with Crippen LogP contribution in [0.5, 0.6) is 0 Å². The van der Waals surface area contributed by atoms with E-state index in [1.165, 1.54) is 0 Å². The van der Waals surface area contributed by atoms with Crippen LogP contribution in [0.1, 0.15) is 60.8 Å². The van der Waals surface area contributed by atoms with Crippen LogP contribution in [-0.4, -0.2) is 25.0 Å². The molecule has 0 bridgehead atoms. The van der Waals surface area contributed by atoms with Crippen LogP contribution in [0.2, 0.25) is 0 Å². The summed E-state index contributed by atoms with van der Waals surface area (Å²) in [4.78, 5) is 21.0. The molecule has 22 heavy (non-hydrogen) atoms. The Labute approximate surface area is 150 Å². The Balaban J connectivity index is -0.000000124. The molecule has 0 fully saturated rings. The molecular formula is C16H31O5Ti. The van der Waals surface area contributed by atoms with E-state index < -0.39 is 12.4 Å².